The number of fused-ring (bicyclic) bond motifs is 7. The number of para-hydroxylation sites is 1. The number of benzene rings is 10. The van der Waals surface area contributed by atoms with Crippen molar-refractivity contribution in [2.45, 2.75) is 0 Å². The molecule has 0 amide bonds. The molecule has 0 spiro atoms. The van der Waals surface area contributed by atoms with Crippen molar-refractivity contribution in [3.63, 3.8) is 0 Å². The van der Waals surface area contributed by atoms with Gasteiger partial charge in [-0.1, -0.05) is 152 Å². The highest BCUT2D eigenvalue weighted by molar-refractivity contribution is 6.12. The maximum Gasteiger partial charge on any atom is 0.136 e. The van der Waals surface area contributed by atoms with Gasteiger partial charge in [0.15, 0.2) is 0 Å². The molecule has 0 atom stereocenters. The van der Waals surface area contributed by atoms with Crippen LogP contribution in [0.15, 0.2) is 217 Å². The van der Waals surface area contributed by atoms with Crippen LogP contribution in [0, 0.1) is 0 Å². The zero-order chi connectivity index (χ0) is 37.0. The summed E-state index contributed by atoms with van der Waals surface area (Å²) in [5, 5.41) is 9.83. The van der Waals surface area contributed by atoms with E-state index in [4.69, 9.17) is 4.42 Å². The minimum Gasteiger partial charge on any atom is -0.456 e. The van der Waals surface area contributed by atoms with Crippen LogP contribution >= 0.6 is 0 Å². The summed E-state index contributed by atoms with van der Waals surface area (Å²) in [4.78, 5) is 2.36. The van der Waals surface area contributed by atoms with E-state index in [-0.39, 0.29) is 0 Å². The first kappa shape index (κ1) is 32.0. The van der Waals surface area contributed by atoms with Crippen molar-refractivity contribution < 1.29 is 4.42 Å². The number of furan rings is 1. The summed E-state index contributed by atoms with van der Waals surface area (Å²) in [6.07, 6.45) is 0. The topological polar surface area (TPSA) is 16.4 Å². The van der Waals surface area contributed by atoms with Gasteiger partial charge in [0, 0.05) is 27.8 Å². The van der Waals surface area contributed by atoms with Gasteiger partial charge in [0.05, 0.1) is 0 Å². The predicted octanol–water partition coefficient (Wildman–Crippen LogP) is 15.5. The zero-order valence-electron chi connectivity index (χ0n) is 30.6. The summed E-state index contributed by atoms with van der Waals surface area (Å²) in [6, 6.07) is 76.6. The van der Waals surface area contributed by atoms with Crippen molar-refractivity contribution in [2.75, 3.05) is 4.90 Å². The summed E-state index contributed by atoms with van der Waals surface area (Å²) in [7, 11) is 0. The minimum absolute atomic E-state index is 0.896. The first-order valence-corrected chi connectivity index (χ1v) is 19.2. The van der Waals surface area contributed by atoms with E-state index in [0.717, 1.165) is 50.1 Å². The van der Waals surface area contributed by atoms with Crippen LogP contribution < -0.4 is 4.90 Å². The van der Waals surface area contributed by atoms with E-state index in [9.17, 15) is 0 Å². The molecule has 2 nitrogen and oxygen atoms in total. The lowest BCUT2D eigenvalue weighted by molar-refractivity contribution is 0.669. The Balaban J connectivity index is 1.01. The van der Waals surface area contributed by atoms with E-state index in [1.807, 2.05) is 12.1 Å². The molecule has 0 unspecified atom stereocenters. The molecule has 56 heavy (non-hydrogen) atoms. The van der Waals surface area contributed by atoms with Crippen LogP contribution in [-0.4, -0.2) is 0 Å². The van der Waals surface area contributed by atoms with Crippen LogP contribution in [0.25, 0.3) is 87.6 Å². The molecule has 0 N–H and O–H groups in total. The fourth-order valence-electron chi connectivity index (χ4n) is 8.44. The van der Waals surface area contributed by atoms with Crippen LogP contribution in [-0.2, 0) is 0 Å². The van der Waals surface area contributed by atoms with Gasteiger partial charge in [0.25, 0.3) is 0 Å². The van der Waals surface area contributed by atoms with Crippen LogP contribution in [0.1, 0.15) is 0 Å². The van der Waals surface area contributed by atoms with E-state index in [1.165, 1.54) is 54.6 Å². The third kappa shape index (κ3) is 5.51. The van der Waals surface area contributed by atoms with E-state index in [1.54, 1.807) is 0 Å². The fourth-order valence-corrected chi connectivity index (χ4v) is 8.44. The highest BCUT2D eigenvalue weighted by Gasteiger charge is 2.17. The quantitative estimate of drug-likeness (QED) is 0.160. The molecular formula is C54H35NO. The summed E-state index contributed by atoms with van der Waals surface area (Å²) in [6.45, 7) is 0. The van der Waals surface area contributed by atoms with Crippen molar-refractivity contribution >= 4 is 71.3 Å². The standard InChI is InChI=1S/C54H35NO/c1-2-11-40-33-41(21-19-36(40)9-1)37-23-28-45(29-24-37)55(47-13-7-12-43(35-47)50-16-8-18-53-54(50)51-15-5-6-17-52(51)56-53)46-30-25-38(26-31-46)42-27-32-49-44(34-42)22-20-39-10-3-4-14-48(39)49/h1-35H. The van der Waals surface area contributed by atoms with Crippen LogP contribution in [0.3, 0.4) is 0 Å². The average molecular weight is 714 g/mol. The number of hydrogen-bond donors (Lipinski definition) is 0. The lowest BCUT2D eigenvalue weighted by atomic mass is 9.97. The van der Waals surface area contributed by atoms with Gasteiger partial charge in [-0.15, -0.1) is 0 Å². The Hall–Kier alpha value is -7.42. The van der Waals surface area contributed by atoms with E-state index < -0.39 is 0 Å². The van der Waals surface area contributed by atoms with Crippen molar-refractivity contribution in [2.24, 2.45) is 0 Å². The Bertz CT molecular complexity index is 3250. The Morgan fingerprint density at radius 2 is 0.839 bits per heavy atom. The third-order valence-electron chi connectivity index (χ3n) is 11.2. The van der Waals surface area contributed by atoms with Gasteiger partial charge in [-0.3, -0.25) is 0 Å². The predicted molar refractivity (Wildman–Crippen MR) is 237 cm³/mol. The zero-order valence-corrected chi connectivity index (χ0v) is 30.6. The molecule has 0 saturated carbocycles. The molecule has 10 aromatic carbocycles. The molecular weight excluding hydrogens is 679 g/mol. The van der Waals surface area contributed by atoms with Crippen molar-refractivity contribution in [1.82, 2.24) is 0 Å². The summed E-state index contributed by atoms with van der Waals surface area (Å²) in [5.41, 5.74) is 12.1. The normalized spacial score (nSPS) is 11.6. The summed E-state index contributed by atoms with van der Waals surface area (Å²) in [5.74, 6) is 0. The number of anilines is 3. The molecule has 0 aliphatic rings. The van der Waals surface area contributed by atoms with Gasteiger partial charge < -0.3 is 9.32 Å². The first-order chi connectivity index (χ1) is 27.7. The number of rotatable bonds is 6. The molecule has 1 heterocycles. The molecule has 2 heteroatoms. The highest BCUT2D eigenvalue weighted by Crippen LogP contribution is 2.42. The van der Waals surface area contributed by atoms with E-state index in [0.29, 0.717) is 0 Å². The third-order valence-corrected chi connectivity index (χ3v) is 11.2. The molecule has 11 aromatic rings. The lowest BCUT2D eigenvalue weighted by Crippen LogP contribution is -2.10. The molecule has 0 bridgehead atoms. The van der Waals surface area contributed by atoms with Crippen LogP contribution in [0.5, 0.6) is 0 Å². The summed E-state index contributed by atoms with van der Waals surface area (Å²) < 4.78 is 6.28. The molecule has 0 fully saturated rings. The summed E-state index contributed by atoms with van der Waals surface area (Å²) >= 11 is 0. The molecule has 1 aromatic heterocycles. The SMILES string of the molecule is c1cc(-c2cccc3oc4ccccc4c23)cc(N(c2ccc(-c3ccc4ccccc4c3)cc2)c2ccc(-c3ccc4c(ccc5ccccc54)c3)cc2)c1. The van der Waals surface area contributed by atoms with Gasteiger partial charge in [-0.05, 0) is 126 Å². The largest absolute Gasteiger partial charge is 0.456 e. The fraction of sp³-hybridized carbons (Fsp3) is 0. The minimum atomic E-state index is 0.896. The smallest absolute Gasteiger partial charge is 0.136 e. The maximum atomic E-state index is 6.28. The Morgan fingerprint density at radius 3 is 1.62 bits per heavy atom. The van der Waals surface area contributed by atoms with Gasteiger partial charge in [-0.25, -0.2) is 0 Å². The Morgan fingerprint density at radius 1 is 0.286 bits per heavy atom. The van der Waals surface area contributed by atoms with Crippen LogP contribution in [0.4, 0.5) is 17.1 Å². The van der Waals surface area contributed by atoms with Crippen LogP contribution in [0.2, 0.25) is 0 Å². The maximum absolute atomic E-state index is 6.28. The van der Waals surface area contributed by atoms with E-state index >= 15 is 0 Å². The molecule has 0 aliphatic heterocycles. The lowest BCUT2D eigenvalue weighted by Gasteiger charge is -2.26. The van der Waals surface area contributed by atoms with Gasteiger partial charge in [0.1, 0.15) is 11.2 Å². The second-order valence-corrected chi connectivity index (χ2v) is 14.5. The van der Waals surface area contributed by atoms with E-state index in [2.05, 4.69) is 205 Å². The van der Waals surface area contributed by atoms with Crippen molar-refractivity contribution in [3.8, 4) is 33.4 Å². The Kier molecular flexibility index (Phi) is 7.53. The molecule has 11 rings (SSSR count). The monoisotopic (exact) mass is 713 g/mol. The second-order valence-electron chi connectivity index (χ2n) is 14.5. The van der Waals surface area contributed by atoms with Crippen molar-refractivity contribution in [3.05, 3.63) is 212 Å². The molecule has 0 aliphatic carbocycles. The average Bonchev–Trinajstić information content (AvgIpc) is 3.66. The number of nitrogens with zero attached hydrogens (tertiary/aromatic N) is 1. The second kappa shape index (κ2) is 13.2. The Labute approximate surface area is 325 Å². The van der Waals surface area contributed by atoms with Crippen molar-refractivity contribution in [1.29, 1.82) is 0 Å². The molecule has 0 radical (unpaired) electrons. The number of hydrogen-bond acceptors (Lipinski definition) is 2. The molecule has 0 saturated heterocycles. The molecule has 262 valence electrons. The highest BCUT2D eigenvalue weighted by atomic mass is 16.3. The van der Waals surface area contributed by atoms with Gasteiger partial charge in [0.2, 0.25) is 0 Å². The first-order valence-electron chi connectivity index (χ1n) is 19.2. The van der Waals surface area contributed by atoms with Gasteiger partial charge >= 0.3 is 0 Å². The van der Waals surface area contributed by atoms with Gasteiger partial charge in [-0.2, -0.15) is 0 Å².